The van der Waals surface area contributed by atoms with Crippen molar-refractivity contribution < 1.29 is 14.1 Å². The number of rotatable bonds is 3. The first-order chi connectivity index (χ1) is 12.0. The predicted molar refractivity (Wildman–Crippen MR) is 90.0 cm³/mol. The third-order valence-corrected chi connectivity index (χ3v) is 4.14. The maximum atomic E-state index is 13.0. The van der Waals surface area contributed by atoms with E-state index in [1.807, 2.05) is 4.90 Å². The zero-order valence-electron chi connectivity index (χ0n) is 13.5. The number of nitro groups is 1. The number of aromatic nitrogens is 1. The number of hydrogen-bond donors (Lipinski definition) is 0. The molecule has 1 fully saturated rings. The van der Waals surface area contributed by atoms with Crippen LogP contribution in [-0.2, 0) is 0 Å². The minimum Gasteiger partial charge on any atom is -0.355 e. The topological polar surface area (TPSA) is 79.6 Å². The van der Waals surface area contributed by atoms with Crippen LogP contribution in [0.1, 0.15) is 16.8 Å². The van der Waals surface area contributed by atoms with Gasteiger partial charge in [-0.1, -0.05) is 0 Å². The molecule has 0 radical (unpaired) electrons. The molecule has 0 bridgehead atoms. The molecule has 7 nitrogen and oxygen atoms in total. The van der Waals surface area contributed by atoms with Crippen LogP contribution in [0.3, 0.4) is 0 Å². The molecule has 0 spiro atoms. The summed E-state index contributed by atoms with van der Waals surface area (Å²) < 4.78 is 13.0. The predicted octanol–water partition coefficient (Wildman–Crippen LogP) is 2.48. The van der Waals surface area contributed by atoms with Crippen LogP contribution in [0.15, 0.2) is 42.6 Å². The third kappa shape index (κ3) is 3.90. The Morgan fingerprint density at radius 3 is 2.48 bits per heavy atom. The molecular formula is C17H17FN4O3. The molecule has 25 heavy (non-hydrogen) atoms. The van der Waals surface area contributed by atoms with Crippen molar-refractivity contribution in [1.29, 1.82) is 0 Å². The number of carbonyl (C=O) groups is 1. The lowest BCUT2D eigenvalue weighted by atomic mass is 10.2. The van der Waals surface area contributed by atoms with E-state index in [0.29, 0.717) is 37.6 Å². The van der Waals surface area contributed by atoms with Crippen LogP contribution in [0, 0.1) is 15.9 Å². The van der Waals surface area contributed by atoms with E-state index in [-0.39, 0.29) is 17.4 Å². The zero-order chi connectivity index (χ0) is 17.8. The first-order valence-electron chi connectivity index (χ1n) is 7.95. The fraction of sp³-hybridized carbons (Fsp3) is 0.294. The van der Waals surface area contributed by atoms with E-state index in [0.717, 1.165) is 6.42 Å². The number of carbonyl (C=O) groups excluding carboxylic acids is 1. The van der Waals surface area contributed by atoms with Gasteiger partial charge in [0.1, 0.15) is 17.8 Å². The first kappa shape index (κ1) is 16.8. The van der Waals surface area contributed by atoms with E-state index in [4.69, 9.17) is 0 Å². The van der Waals surface area contributed by atoms with Gasteiger partial charge in [-0.3, -0.25) is 14.9 Å². The molecule has 0 aliphatic carbocycles. The summed E-state index contributed by atoms with van der Waals surface area (Å²) in [6.45, 7) is 2.39. The number of halogens is 1. The first-order valence-corrected chi connectivity index (χ1v) is 7.95. The van der Waals surface area contributed by atoms with Crippen LogP contribution in [0.4, 0.5) is 15.9 Å². The number of nitrogens with zero attached hydrogens (tertiary/aromatic N) is 4. The second-order valence-electron chi connectivity index (χ2n) is 5.77. The average molecular weight is 344 g/mol. The van der Waals surface area contributed by atoms with E-state index in [9.17, 15) is 19.3 Å². The van der Waals surface area contributed by atoms with E-state index >= 15 is 0 Å². The number of benzene rings is 1. The van der Waals surface area contributed by atoms with Gasteiger partial charge in [0.05, 0.1) is 4.92 Å². The summed E-state index contributed by atoms with van der Waals surface area (Å²) in [6.07, 6.45) is 1.99. The monoisotopic (exact) mass is 344 g/mol. The molecule has 0 unspecified atom stereocenters. The molecule has 1 aromatic carbocycles. The van der Waals surface area contributed by atoms with Gasteiger partial charge in [0.25, 0.3) is 11.6 Å². The molecule has 0 saturated carbocycles. The Bertz CT molecular complexity index is 764. The van der Waals surface area contributed by atoms with Crippen LogP contribution in [0.25, 0.3) is 0 Å². The normalized spacial score (nSPS) is 14.9. The van der Waals surface area contributed by atoms with Crippen LogP contribution < -0.4 is 4.90 Å². The van der Waals surface area contributed by atoms with Crippen molar-refractivity contribution in [2.75, 3.05) is 31.1 Å². The highest BCUT2D eigenvalue weighted by Gasteiger charge is 2.21. The molecule has 2 heterocycles. The van der Waals surface area contributed by atoms with Crippen molar-refractivity contribution in [3.8, 4) is 0 Å². The summed E-state index contributed by atoms with van der Waals surface area (Å²) >= 11 is 0. The highest BCUT2D eigenvalue weighted by atomic mass is 19.1. The highest BCUT2D eigenvalue weighted by Crippen LogP contribution is 2.18. The molecule has 0 atom stereocenters. The van der Waals surface area contributed by atoms with E-state index in [1.165, 1.54) is 36.5 Å². The fourth-order valence-corrected chi connectivity index (χ4v) is 2.80. The van der Waals surface area contributed by atoms with Crippen molar-refractivity contribution in [1.82, 2.24) is 9.88 Å². The molecule has 1 aromatic heterocycles. The van der Waals surface area contributed by atoms with Gasteiger partial charge < -0.3 is 9.80 Å². The second-order valence-corrected chi connectivity index (χ2v) is 5.77. The van der Waals surface area contributed by atoms with Crippen molar-refractivity contribution in [3.05, 3.63) is 64.1 Å². The van der Waals surface area contributed by atoms with Crippen molar-refractivity contribution in [2.24, 2.45) is 0 Å². The van der Waals surface area contributed by atoms with Crippen LogP contribution >= 0.6 is 0 Å². The number of pyridine rings is 1. The molecule has 3 rings (SSSR count). The average Bonchev–Trinajstić information content (AvgIpc) is 2.88. The van der Waals surface area contributed by atoms with Gasteiger partial charge >= 0.3 is 0 Å². The molecule has 1 saturated heterocycles. The van der Waals surface area contributed by atoms with Gasteiger partial charge in [0, 0.05) is 37.8 Å². The van der Waals surface area contributed by atoms with Crippen molar-refractivity contribution >= 4 is 17.4 Å². The van der Waals surface area contributed by atoms with E-state index in [1.54, 1.807) is 11.0 Å². The summed E-state index contributed by atoms with van der Waals surface area (Å²) in [4.78, 5) is 30.6. The van der Waals surface area contributed by atoms with Crippen molar-refractivity contribution in [2.45, 2.75) is 6.42 Å². The van der Waals surface area contributed by atoms with Gasteiger partial charge in [0.2, 0.25) is 0 Å². The summed E-state index contributed by atoms with van der Waals surface area (Å²) in [5.74, 6) is 0.156. The number of hydrogen-bond acceptors (Lipinski definition) is 5. The maximum Gasteiger partial charge on any atom is 0.287 e. The molecule has 0 N–H and O–H groups in total. The maximum absolute atomic E-state index is 13.0. The van der Waals surface area contributed by atoms with E-state index < -0.39 is 4.92 Å². The Morgan fingerprint density at radius 2 is 1.84 bits per heavy atom. The molecule has 1 aliphatic heterocycles. The van der Waals surface area contributed by atoms with E-state index in [2.05, 4.69) is 4.98 Å². The molecule has 2 aromatic rings. The summed E-state index contributed by atoms with van der Waals surface area (Å²) in [6, 6.07) is 8.57. The lowest BCUT2D eigenvalue weighted by Crippen LogP contribution is -2.35. The lowest BCUT2D eigenvalue weighted by Gasteiger charge is -2.22. The molecule has 8 heteroatoms. The fourth-order valence-electron chi connectivity index (χ4n) is 2.80. The highest BCUT2D eigenvalue weighted by molar-refractivity contribution is 5.94. The molecule has 130 valence electrons. The van der Waals surface area contributed by atoms with Crippen LogP contribution in [-0.4, -0.2) is 46.9 Å². The smallest absolute Gasteiger partial charge is 0.287 e. The van der Waals surface area contributed by atoms with Gasteiger partial charge in [0.15, 0.2) is 0 Å². The summed E-state index contributed by atoms with van der Waals surface area (Å²) in [5.41, 5.74) is 0.412. The second kappa shape index (κ2) is 7.25. The van der Waals surface area contributed by atoms with Crippen LogP contribution in [0.2, 0.25) is 0 Å². The summed E-state index contributed by atoms with van der Waals surface area (Å²) in [7, 11) is 0. The van der Waals surface area contributed by atoms with Gasteiger partial charge in [-0.2, -0.15) is 0 Å². The number of amides is 1. The SMILES string of the molecule is O=C(c1ccc(F)cc1)N1CCCN(c2ccc([N+](=O)[O-])cn2)CC1. The lowest BCUT2D eigenvalue weighted by molar-refractivity contribution is -0.385. The Balaban J connectivity index is 1.66. The quantitative estimate of drug-likeness (QED) is 0.631. The minimum absolute atomic E-state index is 0.0494. The van der Waals surface area contributed by atoms with Gasteiger partial charge in [-0.05, 0) is 36.8 Å². The van der Waals surface area contributed by atoms with Crippen LogP contribution in [0.5, 0.6) is 0 Å². The zero-order valence-corrected chi connectivity index (χ0v) is 13.5. The van der Waals surface area contributed by atoms with Gasteiger partial charge in [-0.15, -0.1) is 0 Å². The molecular weight excluding hydrogens is 327 g/mol. The third-order valence-electron chi connectivity index (χ3n) is 4.14. The number of anilines is 1. The Morgan fingerprint density at radius 1 is 1.08 bits per heavy atom. The Hall–Kier alpha value is -3.03. The van der Waals surface area contributed by atoms with Crippen molar-refractivity contribution in [3.63, 3.8) is 0 Å². The minimum atomic E-state index is -0.484. The molecule has 1 aliphatic rings. The summed E-state index contributed by atoms with van der Waals surface area (Å²) in [5, 5.41) is 10.7. The van der Waals surface area contributed by atoms with Gasteiger partial charge in [-0.25, -0.2) is 9.37 Å². The molecule has 1 amide bonds. The largest absolute Gasteiger partial charge is 0.355 e. The standard InChI is InChI=1S/C17H17FN4O3/c18-14-4-2-13(3-5-14)17(23)21-9-1-8-20(10-11-21)16-7-6-15(12-19-16)22(24)25/h2-7,12H,1,8-11H2. The Labute approximate surface area is 143 Å². The Kier molecular flexibility index (Phi) is 4.87.